The minimum Gasteiger partial charge on any atom is -0.341 e. The number of benzene rings is 2. The van der Waals surface area contributed by atoms with Crippen molar-refractivity contribution in [2.75, 3.05) is 7.05 Å². The number of tetrazole rings is 1. The minimum atomic E-state index is -0.696. The summed E-state index contributed by atoms with van der Waals surface area (Å²) in [5.74, 6) is -0.455. The lowest BCUT2D eigenvalue weighted by atomic mass is 10.1. The first-order valence-corrected chi connectivity index (χ1v) is 9.06. The zero-order valence-electron chi connectivity index (χ0n) is 14.8. The lowest BCUT2D eigenvalue weighted by Gasteiger charge is -2.15. The first-order chi connectivity index (χ1) is 13.1. The highest BCUT2D eigenvalue weighted by molar-refractivity contribution is 8.00. The van der Waals surface area contributed by atoms with E-state index in [1.807, 2.05) is 61.5 Å². The Hall–Kier alpha value is -3.20. The first kappa shape index (κ1) is 18.6. The number of carbonyl (C=O) groups excluding carboxylic acids is 2. The molecule has 1 aromatic heterocycles. The lowest BCUT2D eigenvalue weighted by Crippen LogP contribution is -2.39. The smallest absolute Gasteiger partial charge is 0.321 e. The van der Waals surface area contributed by atoms with Gasteiger partial charge in [-0.25, -0.2) is 4.79 Å². The van der Waals surface area contributed by atoms with Gasteiger partial charge < -0.3 is 5.32 Å². The molecule has 3 amide bonds. The molecule has 0 aliphatic heterocycles. The maximum atomic E-state index is 12.7. The van der Waals surface area contributed by atoms with Crippen molar-refractivity contribution in [3.05, 3.63) is 65.7 Å². The van der Waals surface area contributed by atoms with Crippen LogP contribution < -0.4 is 10.6 Å². The Balaban J connectivity index is 1.91. The van der Waals surface area contributed by atoms with E-state index < -0.39 is 17.2 Å². The Bertz CT molecular complexity index is 927. The van der Waals surface area contributed by atoms with Gasteiger partial charge >= 0.3 is 6.03 Å². The molecule has 9 heteroatoms. The molecule has 2 N–H and O–H groups in total. The van der Waals surface area contributed by atoms with Gasteiger partial charge in [0.05, 0.1) is 5.69 Å². The number of hydrogen-bond donors (Lipinski definition) is 2. The van der Waals surface area contributed by atoms with E-state index in [2.05, 4.69) is 26.2 Å². The number of carbonyl (C=O) groups is 2. The number of amides is 3. The molecule has 2 aromatic carbocycles. The van der Waals surface area contributed by atoms with Crippen LogP contribution in [0.1, 0.15) is 16.4 Å². The zero-order valence-corrected chi connectivity index (χ0v) is 15.6. The van der Waals surface area contributed by atoms with Gasteiger partial charge in [-0.15, -0.1) is 5.10 Å². The van der Waals surface area contributed by atoms with E-state index in [1.165, 1.54) is 18.8 Å². The Kier molecular flexibility index (Phi) is 5.82. The summed E-state index contributed by atoms with van der Waals surface area (Å²) >= 11 is 1.17. The van der Waals surface area contributed by atoms with Crippen molar-refractivity contribution in [3.63, 3.8) is 0 Å². The summed E-state index contributed by atoms with van der Waals surface area (Å²) in [7, 11) is 1.45. The highest BCUT2D eigenvalue weighted by Crippen LogP contribution is 2.34. The second kappa shape index (κ2) is 8.45. The van der Waals surface area contributed by atoms with E-state index in [1.54, 1.807) is 4.68 Å². The fourth-order valence-electron chi connectivity index (χ4n) is 2.35. The maximum absolute atomic E-state index is 12.7. The Morgan fingerprint density at radius 3 is 2.44 bits per heavy atom. The average molecular weight is 382 g/mol. The van der Waals surface area contributed by atoms with Crippen molar-refractivity contribution < 1.29 is 9.59 Å². The number of aromatic nitrogens is 4. The SMILES string of the molecule is CNC(=O)NC(=O)[C@H](Sc1nnnn1-c1ccc(C)cc1)c1ccccc1. The van der Waals surface area contributed by atoms with Crippen LogP contribution in [0.4, 0.5) is 4.79 Å². The van der Waals surface area contributed by atoms with Gasteiger partial charge in [-0.05, 0) is 35.0 Å². The Labute approximate surface area is 160 Å². The molecule has 138 valence electrons. The van der Waals surface area contributed by atoms with Gasteiger partial charge in [0.25, 0.3) is 0 Å². The van der Waals surface area contributed by atoms with Crippen molar-refractivity contribution >= 4 is 23.7 Å². The van der Waals surface area contributed by atoms with E-state index in [4.69, 9.17) is 0 Å². The van der Waals surface area contributed by atoms with Crippen LogP contribution in [0.15, 0.2) is 59.8 Å². The fraction of sp³-hybridized carbons (Fsp3) is 0.167. The molecule has 0 aliphatic carbocycles. The van der Waals surface area contributed by atoms with Crippen molar-refractivity contribution in [1.29, 1.82) is 0 Å². The molecule has 1 heterocycles. The van der Waals surface area contributed by atoms with Crippen molar-refractivity contribution in [2.45, 2.75) is 17.3 Å². The first-order valence-electron chi connectivity index (χ1n) is 8.18. The van der Waals surface area contributed by atoms with Crippen LogP contribution in [0.2, 0.25) is 0 Å². The summed E-state index contributed by atoms with van der Waals surface area (Å²) < 4.78 is 1.56. The van der Waals surface area contributed by atoms with Crippen molar-refractivity contribution in [2.24, 2.45) is 0 Å². The van der Waals surface area contributed by atoms with Gasteiger partial charge in [-0.2, -0.15) is 4.68 Å². The molecule has 0 bridgehead atoms. The molecule has 0 unspecified atom stereocenters. The molecule has 0 saturated heterocycles. The van der Waals surface area contributed by atoms with Crippen LogP contribution in [-0.4, -0.2) is 39.2 Å². The summed E-state index contributed by atoms with van der Waals surface area (Å²) in [5, 5.41) is 16.3. The Morgan fingerprint density at radius 1 is 1.07 bits per heavy atom. The molecular formula is C18H18N6O2S. The predicted octanol–water partition coefficient (Wildman–Crippen LogP) is 2.26. The monoisotopic (exact) mass is 382 g/mol. The zero-order chi connectivity index (χ0) is 19.2. The maximum Gasteiger partial charge on any atom is 0.321 e. The summed E-state index contributed by atoms with van der Waals surface area (Å²) in [6, 6.07) is 16.3. The molecule has 0 spiro atoms. The van der Waals surface area contributed by atoms with Crippen LogP contribution in [0, 0.1) is 6.92 Å². The average Bonchev–Trinajstić information content (AvgIpc) is 3.15. The van der Waals surface area contributed by atoms with Crippen LogP contribution in [0.3, 0.4) is 0 Å². The Morgan fingerprint density at radius 2 is 1.78 bits per heavy atom. The highest BCUT2D eigenvalue weighted by atomic mass is 32.2. The van der Waals surface area contributed by atoms with Gasteiger partial charge in [0.15, 0.2) is 0 Å². The van der Waals surface area contributed by atoms with Crippen LogP contribution in [0.25, 0.3) is 5.69 Å². The van der Waals surface area contributed by atoms with Gasteiger partial charge in [0.1, 0.15) is 5.25 Å². The van der Waals surface area contributed by atoms with E-state index in [0.717, 1.165) is 16.8 Å². The molecule has 8 nitrogen and oxygen atoms in total. The predicted molar refractivity (Wildman–Crippen MR) is 102 cm³/mol. The molecule has 0 aliphatic rings. The summed E-state index contributed by atoms with van der Waals surface area (Å²) in [6.07, 6.45) is 0. The van der Waals surface area contributed by atoms with Gasteiger partial charge in [-0.3, -0.25) is 10.1 Å². The molecule has 0 radical (unpaired) electrons. The van der Waals surface area contributed by atoms with Crippen molar-refractivity contribution in [1.82, 2.24) is 30.8 Å². The molecule has 0 fully saturated rings. The summed E-state index contributed by atoms with van der Waals surface area (Å²) in [4.78, 5) is 24.2. The van der Waals surface area contributed by atoms with Crippen LogP contribution in [-0.2, 0) is 4.79 Å². The van der Waals surface area contributed by atoms with Gasteiger partial charge in [0, 0.05) is 7.05 Å². The van der Waals surface area contributed by atoms with Gasteiger partial charge in [0.2, 0.25) is 11.1 Å². The summed E-state index contributed by atoms with van der Waals surface area (Å²) in [5.41, 5.74) is 2.64. The largest absolute Gasteiger partial charge is 0.341 e. The van der Waals surface area contributed by atoms with E-state index >= 15 is 0 Å². The summed E-state index contributed by atoms with van der Waals surface area (Å²) in [6.45, 7) is 1.99. The number of nitrogens with one attached hydrogen (secondary N) is 2. The molecule has 0 saturated carbocycles. The number of hydrogen-bond acceptors (Lipinski definition) is 6. The second-order valence-corrected chi connectivity index (χ2v) is 6.76. The van der Waals surface area contributed by atoms with E-state index in [0.29, 0.717) is 5.16 Å². The highest BCUT2D eigenvalue weighted by Gasteiger charge is 2.26. The third-order valence-corrected chi connectivity index (χ3v) is 4.93. The van der Waals surface area contributed by atoms with Gasteiger partial charge in [-0.1, -0.05) is 59.8 Å². The standard InChI is InChI=1S/C18H18N6O2S/c1-12-8-10-14(11-9-12)24-18(21-22-23-24)27-15(13-6-4-3-5-7-13)16(25)20-17(26)19-2/h3-11,15H,1-2H3,(H2,19,20,25,26)/t15-/m1/s1. The third-order valence-electron chi connectivity index (χ3n) is 3.75. The number of urea groups is 1. The second-order valence-electron chi connectivity index (χ2n) is 5.69. The van der Waals surface area contributed by atoms with Crippen molar-refractivity contribution in [3.8, 4) is 5.69 Å². The third kappa shape index (κ3) is 4.50. The number of thioether (sulfide) groups is 1. The van der Waals surface area contributed by atoms with Crippen LogP contribution >= 0.6 is 11.8 Å². The molecule has 27 heavy (non-hydrogen) atoms. The minimum absolute atomic E-state index is 0.444. The molecule has 3 aromatic rings. The topological polar surface area (TPSA) is 102 Å². The molecular weight excluding hydrogens is 364 g/mol. The number of imide groups is 1. The van der Waals surface area contributed by atoms with E-state index in [-0.39, 0.29) is 0 Å². The number of aryl methyl sites for hydroxylation is 1. The quantitative estimate of drug-likeness (QED) is 0.657. The molecule has 3 rings (SSSR count). The van der Waals surface area contributed by atoms with E-state index in [9.17, 15) is 9.59 Å². The fourth-order valence-corrected chi connectivity index (χ4v) is 3.34. The lowest BCUT2D eigenvalue weighted by molar-refractivity contribution is -0.119. The van der Waals surface area contributed by atoms with Crippen LogP contribution in [0.5, 0.6) is 0 Å². The normalized spacial score (nSPS) is 11.6. The number of rotatable bonds is 5. The number of nitrogens with zero attached hydrogens (tertiary/aromatic N) is 4. The molecule has 1 atom stereocenters.